The van der Waals surface area contributed by atoms with Crippen LogP contribution in [0.3, 0.4) is 0 Å². The molecule has 4 heteroatoms. The van der Waals surface area contributed by atoms with Crippen LogP contribution in [0, 0.1) is 11.6 Å². The Morgan fingerprint density at radius 2 is 2.07 bits per heavy atom. The molecule has 14 heavy (non-hydrogen) atoms. The molecule has 0 saturated heterocycles. The smallest absolute Gasteiger partial charge is 0.221 e. The van der Waals surface area contributed by atoms with E-state index in [1.165, 1.54) is 12.1 Å². The van der Waals surface area contributed by atoms with Crippen molar-refractivity contribution in [2.75, 3.05) is 0 Å². The van der Waals surface area contributed by atoms with Gasteiger partial charge in [-0.2, -0.15) is 0 Å². The molecular weight excluding hydrogens is 210 g/mol. The fourth-order valence-corrected chi connectivity index (χ4v) is 1.28. The molecule has 0 atom stereocenters. The molecule has 0 amide bonds. The predicted octanol–water partition coefficient (Wildman–Crippen LogP) is 3.05. The van der Waals surface area contributed by atoms with Gasteiger partial charge in [-0.05, 0) is 36.1 Å². The molecule has 0 aliphatic rings. The van der Waals surface area contributed by atoms with Crippen LogP contribution in [0.15, 0.2) is 18.2 Å². The second kappa shape index (κ2) is 5.05. The lowest BCUT2D eigenvalue weighted by molar-refractivity contribution is -0.111. The van der Waals surface area contributed by atoms with Crippen molar-refractivity contribution in [1.82, 2.24) is 0 Å². The van der Waals surface area contributed by atoms with Gasteiger partial charge in [-0.1, -0.05) is 6.07 Å². The van der Waals surface area contributed by atoms with E-state index in [1.54, 1.807) is 0 Å². The first-order valence-corrected chi connectivity index (χ1v) is 4.59. The Morgan fingerprint density at radius 3 is 2.64 bits per heavy atom. The van der Waals surface area contributed by atoms with Gasteiger partial charge in [0.1, 0.15) is 11.6 Å². The minimum Gasteiger partial charge on any atom is -0.281 e. The summed E-state index contributed by atoms with van der Waals surface area (Å²) < 4.78 is 25.5. The Bertz CT molecular complexity index is 339. The van der Waals surface area contributed by atoms with E-state index < -0.39 is 16.9 Å². The molecule has 0 fully saturated rings. The Hall–Kier alpha value is -0.960. The lowest BCUT2D eigenvalue weighted by atomic mass is 10.1. The maximum Gasteiger partial charge on any atom is 0.221 e. The van der Waals surface area contributed by atoms with Gasteiger partial charge >= 0.3 is 0 Å². The van der Waals surface area contributed by atoms with Crippen LogP contribution in [0.2, 0.25) is 0 Å². The molecule has 0 unspecified atom stereocenters. The van der Waals surface area contributed by atoms with E-state index in [4.69, 9.17) is 11.6 Å². The van der Waals surface area contributed by atoms with Crippen molar-refractivity contribution >= 4 is 16.8 Å². The Kier molecular flexibility index (Phi) is 4.01. The van der Waals surface area contributed by atoms with Crippen LogP contribution in [0.5, 0.6) is 0 Å². The molecule has 0 aromatic heterocycles. The van der Waals surface area contributed by atoms with Crippen LogP contribution in [-0.2, 0) is 11.2 Å². The zero-order valence-electron chi connectivity index (χ0n) is 7.40. The van der Waals surface area contributed by atoms with Crippen molar-refractivity contribution in [2.45, 2.75) is 19.3 Å². The Balaban J connectivity index is 2.55. The van der Waals surface area contributed by atoms with Crippen LogP contribution in [0.1, 0.15) is 18.4 Å². The fourth-order valence-electron chi connectivity index (χ4n) is 1.14. The zero-order chi connectivity index (χ0) is 10.6. The number of halogens is 3. The van der Waals surface area contributed by atoms with Gasteiger partial charge in [0, 0.05) is 12.5 Å². The lowest BCUT2D eigenvalue weighted by Gasteiger charge is -2.01. The van der Waals surface area contributed by atoms with Crippen LogP contribution in [-0.4, -0.2) is 5.24 Å². The molecule has 76 valence electrons. The third kappa shape index (κ3) is 3.42. The molecule has 1 nitrogen and oxygen atoms in total. The number of hydrogen-bond donors (Lipinski definition) is 0. The lowest BCUT2D eigenvalue weighted by Crippen LogP contribution is -1.94. The number of hydrogen-bond acceptors (Lipinski definition) is 1. The van der Waals surface area contributed by atoms with E-state index >= 15 is 0 Å². The summed E-state index contributed by atoms with van der Waals surface area (Å²) in [6, 6.07) is 3.40. The molecule has 1 aromatic rings. The molecule has 0 spiro atoms. The Labute approximate surface area is 85.7 Å². The molecule has 0 heterocycles. The van der Waals surface area contributed by atoms with Crippen molar-refractivity contribution in [3.8, 4) is 0 Å². The van der Waals surface area contributed by atoms with Gasteiger partial charge in [-0.25, -0.2) is 8.78 Å². The van der Waals surface area contributed by atoms with Crippen molar-refractivity contribution in [3.05, 3.63) is 35.4 Å². The van der Waals surface area contributed by atoms with Gasteiger partial charge in [0.25, 0.3) is 0 Å². The molecule has 0 bridgehead atoms. The first-order chi connectivity index (χ1) is 6.59. The van der Waals surface area contributed by atoms with Crippen LogP contribution < -0.4 is 0 Å². The quantitative estimate of drug-likeness (QED) is 0.710. The molecule has 1 rings (SSSR count). The van der Waals surface area contributed by atoms with E-state index in [1.807, 2.05) is 0 Å². The molecule has 0 aliphatic carbocycles. The van der Waals surface area contributed by atoms with Crippen molar-refractivity contribution < 1.29 is 13.6 Å². The highest BCUT2D eigenvalue weighted by atomic mass is 35.5. The summed E-state index contributed by atoms with van der Waals surface area (Å²) in [5, 5.41) is -0.437. The number of aryl methyl sites for hydroxylation is 1. The largest absolute Gasteiger partial charge is 0.281 e. The van der Waals surface area contributed by atoms with Crippen LogP contribution in [0.25, 0.3) is 0 Å². The van der Waals surface area contributed by atoms with E-state index in [0.29, 0.717) is 18.4 Å². The van der Waals surface area contributed by atoms with E-state index in [-0.39, 0.29) is 6.42 Å². The second-order valence-electron chi connectivity index (χ2n) is 2.94. The summed E-state index contributed by atoms with van der Waals surface area (Å²) in [5.74, 6) is -1.17. The third-order valence-electron chi connectivity index (χ3n) is 1.83. The highest BCUT2D eigenvalue weighted by molar-refractivity contribution is 6.63. The average Bonchev–Trinajstić information content (AvgIpc) is 2.08. The normalized spacial score (nSPS) is 10.2. The Morgan fingerprint density at radius 1 is 1.36 bits per heavy atom. The number of benzene rings is 1. The number of carbonyl (C=O) groups is 1. The van der Waals surface area contributed by atoms with Crippen molar-refractivity contribution in [3.63, 3.8) is 0 Å². The van der Waals surface area contributed by atoms with E-state index in [2.05, 4.69) is 0 Å². The summed E-state index contributed by atoms with van der Waals surface area (Å²) >= 11 is 5.12. The van der Waals surface area contributed by atoms with E-state index in [0.717, 1.165) is 6.07 Å². The molecule has 0 aliphatic heterocycles. The van der Waals surface area contributed by atoms with Gasteiger partial charge in [0.05, 0.1) is 0 Å². The average molecular weight is 219 g/mol. The summed E-state index contributed by atoms with van der Waals surface area (Å²) in [7, 11) is 0. The van der Waals surface area contributed by atoms with Gasteiger partial charge in [0.15, 0.2) is 0 Å². The van der Waals surface area contributed by atoms with Gasteiger partial charge in [-0.3, -0.25) is 4.79 Å². The minimum absolute atomic E-state index is 0.207. The van der Waals surface area contributed by atoms with Gasteiger partial charge < -0.3 is 0 Å². The monoisotopic (exact) mass is 218 g/mol. The highest BCUT2D eigenvalue weighted by Gasteiger charge is 2.04. The van der Waals surface area contributed by atoms with Gasteiger partial charge in [0.2, 0.25) is 5.24 Å². The maximum absolute atomic E-state index is 13.0. The SMILES string of the molecule is O=C(Cl)CCCc1ccc(F)cc1F. The topological polar surface area (TPSA) is 17.1 Å². The second-order valence-corrected chi connectivity index (χ2v) is 3.37. The highest BCUT2D eigenvalue weighted by Crippen LogP contribution is 2.12. The predicted molar refractivity (Wildman–Crippen MR) is 50.2 cm³/mol. The first kappa shape index (κ1) is 11.1. The van der Waals surface area contributed by atoms with Gasteiger partial charge in [-0.15, -0.1) is 0 Å². The molecule has 0 saturated carbocycles. The maximum atomic E-state index is 13.0. The standard InChI is InChI=1S/C10H9ClF2O/c11-10(14)3-1-2-7-4-5-8(12)6-9(7)13/h4-6H,1-3H2. The molecule has 1 aromatic carbocycles. The van der Waals surface area contributed by atoms with Crippen molar-refractivity contribution in [2.24, 2.45) is 0 Å². The van der Waals surface area contributed by atoms with E-state index in [9.17, 15) is 13.6 Å². The number of rotatable bonds is 4. The molecule has 0 N–H and O–H groups in total. The number of carbonyl (C=O) groups excluding carboxylic acids is 1. The fraction of sp³-hybridized carbons (Fsp3) is 0.300. The van der Waals surface area contributed by atoms with Crippen LogP contribution in [0.4, 0.5) is 8.78 Å². The molecular formula is C10H9ClF2O. The summed E-state index contributed by atoms with van der Waals surface area (Å²) in [6.07, 6.45) is 1.08. The van der Waals surface area contributed by atoms with Crippen LogP contribution >= 0.6 is 11.6 Å². The summed E-state index contributed by atoms with van der Waals surface area (Å²) in [4.78, 5) is 10.4. The summed E-state index contributed by atoms with van der Waals surface area (Å²) in [5.41, 5.74) is 0.407. The minimum atomic E-state index is -0.598. The third-order valence-corrected chi connectivity index (χ3v) is 2.02. The van der Waals surface area contributed by atoms with Crippen molar-refractivity contribution in [1.29, 1.82) is 0 Å². The molecule has 0 radical (unpaired) electrons. The summed E-state index contributed by atoms with van der Waals surface area (Å²) in [6.45, 7) is 0. The zero-order valence-corrected chi connectivity index (χ0v) is 8.15. The first-order valence-electron chi connectivity index (χ1n) is 4.22.